The Labute approximate surface area is 123 Å². The zero-order valence-corrected chi connectivity index (χ0v) is 11.6. The summed E-state index contributed by atoms with van der Waals surface area (Å²) in [6, 6.07) is 11.9. The third-order valence-electron chi connectivity index (χ3n) is 4.21. The molecule has 1 aromatic heterocycles. The lowest BCUT2D eigenvalue weighted by molar-refractivity contribution is 0.0766. The quantitative estimate of drug-likeness (QED) is 0.804. The molecule has 1 aliphatic heterocycles. The summed E-state index contributed by atoms with van der Waals surface area (Å²) >= 11 is 0. The van der Waals surface area contributed by atoms with Crippen LogP contribution in [0.2, 0.25) is 0 Å². The predicted octanol–water partition coefficient (Wildman–Crippen LogP) is 2.50. The first-order valence-corrected chi connectivity index (χ1v) is 7.21. The molecule has 4 rings (SSSR count). The van der Waals surface area contributed by atoms with E-state index in [0.29, 0.717) is 18.0 Å². The minimum Gasteiger partial charge on any atom is -0.267 e. The Hall–Kier alpha value is -2.49. The molecule has 1 aromatic carbocycles. The number of aromatic nitrogens is 1. The molecule has 1 aliphatic carbocycles. The van der Waals surface area contributed by atoms with Gasteiger partial charge in [0.2, 0.25) is 0 Å². The van der Waals surface area contributed by atoms with E-state index in [9.17, 15) is 4.79 Å². The van der Waals surface area contributed by atoms with Crippen molar-refractivity contribution in [3.63, 3.8) is 0 Å². The minimum atomic E-state index is -0.0671. The number of hydrazone groups is 1. The SMILES string of the molecule is O=C(c1cccnc1)N1CC2CCc3ccccc3C2=N1. The first kappa shape index (κ1) is 12.3. The van der Waals surface area contributed by atoms with Crippen molar-refractivity contribution in [2.24, 2.45) is 11.0 Å². The number of pyridine rings is 1. The molecule has 4 heteroatoms. The third kappa shape index (κ3) is 2.03. The minimum absolute atomic E-state index is 0.0671. The maximum atomic E-state index is 12.5. The highest BCUT2D eigenvalue weighted by Gasteiger charge is 2.34. The lowest BCUT2D eigenvalue weighted by Gasteiger charge is -2.21. The molecular weight excluding hydrogens is 262 g/mol. The van der Waals surface area contributed by atoms with Crippen LogP contribution >= 0.6 is 0 Å². The summed E-state index contributed by atoms with van der Waals surface area (Å²) < 4.78 is 0. The third-order valence-corrected chi connectivity index (χ3v) is 4.21. The Kier molecular flexibility index (Phi) is 2.81. The van der Waals surface area contributed by atoms with Gasteiger partial charge in [0.1, 0.15) is 0 Å². The Morgan fingerprint density at radius 1 is 1.19 bits per heavy atom. The van der Waals surface area contributed by atoms with E-state index in [2.05, 4.69) is 28.3 Å². The number of amides is 1. The van der Waals surface area contributed by atoms with Crippen molar-refractivity contribution in [2.75, 3.05) is 6.54 Å². The fourth-order valence-electron chi connectivity index (χ4n) is 3.13. The van der Waals surface area contributed by atoms with E-state index in [-0.39, 0.29) is 5.91 Å². The first-order chi connectivity index (χ1) is 10.3. The smallest absolute Gasteiger partial charge is 0.267 e. The van der Waals surface area contributed by atoms with Crippen LogP contribution in [0.1, 0.15) is 27.9 Å². The van der Waals surface area contributed by atoms with Gasteiger partial charge in [0.15, 0.2) is 0 Å². The highest BCUT2D eigenvalue weighted by atomic mass is 16.2. The molecule has 1 amide bonds. The van der Waals surface area contributed by atoms with Crippen molar-refractivity contribution in [2.45, 2.75) is 12.8 Å². The number of benzene rings is 1. The molecule has 104 valence electrons. The van der Waals surface area contributed by atoms with E-state index in [4.69, 9.17) is 0 Å². The summed E-state index contributed by atoms with van der Waals surface area (Å²) in [4.78, 5) is 16.5. The molecule has 2 aromatic rings. The molecule has 0 saturated heterocycles. The number of aryl methyl sites for hydroxylation is 1. The molecule has 0 N–H and O–H groups in total. The number of hydrogen-bond donors (Lipinski definition) is 0. The summed E-state index contributed by atoms with van der Waals surface area (Å²) in [6.07, 6.45) is 5.39. The van der Waals surface area contributed by atoms with Gasteiger partial charge < -0.3 is 0 Å². The number of fused-ring (bicyclic) bond motifs is 3. The fraction of sp³-hybridized carbons (Fsp3) is 0.235. The number of carbonyl (C=O) groups is 1. The number of nitrogens with zero attached hydrogens (tertiary/aromatic N) is 3. The van der Waals surface area contributed by atoms with Gasteiger partial charge >= 0.3 is 0 Å². The molecule has 2 heterocycles. The molecule has 21 heavy (non-hydrogen) atoms. The molecule has 4 nitrogen and oxygen atoms in total. The zero-order valence-electron chi connectivity index (χ0n) is 11.6. The number of rotatable bonds is 1. The van der Waals surface area contributed by atoms with Crippen molar-refractivity contribution >= 4 is 11.6 Å². The van der Waals surface area contributed by atoms with Gasteiger partial charge in [-0.05, 0) is 30.5 Å². The summed E-state index contributed by atoms with van der Waals surface area (Å²) in [6.45, 7) is 0.678. The Bertz CT molecular complexity index is 724. The molecule has 0 bridgehead atoms. The average molecular weight is 277 g/mol. The Morgan fingerprint density at radius 2 is 2.10 bits per heavy atom. The van der Waals surface area contributed by atoms with E-state index < -0.39 is 0 Å². The van der Waals surface area contributed by atoms with Gasteiger partial charge in [0.25, 0.3) is 5.91 Å². The van der Waals surface area contributed by atoms with Gasteiger partial charge in [-0.1, -0.05) is 24.3 Å². The molecular formula is C17H15N3O. The van der Waals surface area contributed by atoms with E-state index in [1.165, 1.54) is 11.1 Å². The predicted molar refractivity (Wildman–Crippen MR) is 80.1 cm³/mol. The molecule has 0 fully saturated rings. The van der Waals surface area contributed by atoms with Crippen LogP contribution in [0.5, 0.6) is 0 Å². The summed E-state index contributed by atoms with van der Waals surface area (Å²) in [5, 5.41) is 6.20. The lowest BCUT2D eigenvalue weighted by atomic mass is 9.83. The van der Waals surface area contributed by atoms with Gasteiger partial charge in [0, 0.05) is 23.9 Å². The second-order valence-corrected chi connectivity index (χ2v) is 5.51. The monoisotopic (exact) mass is 277 g/mol. The molecule has 0 saturated carbocycles. The van der Waals surface area contributed by atoms with Crippen molar-refractivity contribution in [1.29, 1.82) is 0 Å². The van der Waals surface area contributed by atoms with Crippen molar-refractivity contribution < 1.29 is 4.79 Å². The fourth-order valence-corrected chi connectivity index (χ4v) is 3.13. The largest absolute Gasteiger partial charge is 0.275 e. The van der Waals surface area contributed by atoms with Gasteiger partial charge in [-0.2, -0.15) is 5.10 Å². The van der Waals surface area contributed by atoms with Gasteiger partial charge in [0.05, 0.1) is 17.8 Å². The zero-order chi connectivity index (χ0) is 14.2. The van der Waals surface area contributed by atoms with Crippen LogP contribution < -0.4 is 0 Å². The van der Waals surface area contributed by atoms with Gasteiger partial charge in [-0.15, -0.1) is 0 Å². The lowest BCUT2D eigenvalue weighted by Crippen LogP contribution is -2.28. The Morgan fingerprint density at radius 3 is 2.95 bits per heavy atom. The van der Waals surface area contributed by atoms with Crippen LogP contribution in [0.25, 0.3) is 0 Å². The second kappa shape index (κ2) is 4.81. The van der Waals surface area contributed by atoms with Gasteiger partial charge in [-0.25, -0.2) is 5.01 Å². The Balaban J connectivity index is 1.68. The standard InChI is InChI=1S/C17H15N3O/c21-17(13-5-3-9-18-10-13)20-11-14-8-7-12-4-1-2-6-15(12)16(14)19-20/h1-6,9-10,14H,7-8,11H2. The molecule has 1 atom stereocenters. The summed E-state index contributed by atoms with van der Waals surface area (Å²) in [5.41, 5.74) is 4.20. The van der Waals surface area contributed by atoms with E-state index in [1.54, 1.807) is 29.5 Å². The highest BCUT2D eigenvalue weighted by Crippen LogP contribution is 2.31. The van der Waals surface area contributed by atoms with Crippen LogP contribution in [0.3, 0.4) is 0 Å². The molecule has 1 unspecified atom stereocenters. The number of hydrogen-bond acceptors (Lipinski definition) is 3. The van der Waals surface area contributed by atoms with E-state index >= 15 is 0 Å². The van der Waals surface area contributed by atoms with E-state index in [1.807, 2.05) is 6.07 Å². The molecule has 0 spiro atoms. The van der Waals surface area contributed by atoms with Crippen molar-refractivity contribution in [3.8, 4) is 0 Å². The molecule has 2 aliphatic rings. The maximum Gasteiger partial charge on any atom is 0.275 e. The van der Waals surface area contributed by atoms with Crippen molar-refractivity contribution in [3.05, 3.63) is 65.5 Å². The second-order valence-electron chi connectivity index (χ2n) is 5.51. The molecule has 0 radical (unpaired) electrons. The summed E-state index contributed by atoms with van der Waals surface area (Å²) in [5.74, 6) is 0.294. The van der Waals surface area contributed by atoms with Crippen LogP contribution in [-0.4, -0.2) is 28.2 Å². The van der Waals surface area contributed by atoms with Crippen LogP contribution in [-0.2, 0) is 6.42 Å². The highest BCUT2D eigenvalue weighted by molar-refractivity contribution is 6.07. The summed E-state index contributed by atoms with van der Waals surface area (Å²) in [7, 11) is 0. The van der Waals surface area contributed by atoms with Crippen LogP contribution in [0, 0.1) is 5.92 Å². The van der Waals surface area contributed by atoms with E-state index in [0.717, 1.165) is 18.6 Å². The van der Waals surface area contributed by atoms with Crippen LogP contribution in [0.15, 0.2) is 53.9 Å². The van der Waals surface area contributed by atoms with Crippen LogP contribution in [0.4, 0.5) is 0 Å². The average Bonchev–Trinajstić information content (AvgIpc) is 2.99. The topological polar surface area (TPSA) is 45.6 Å². The maximum absolute atomic E-state index is 12.5. The first-order valence-electron chi connectivity index (χ1n) is 7.21. The normalized spacial score (nSPS) is 19.7. The van der Waals surface area contributed by atoms with Crippen molar-refractivity contribution in [1.82, 2.24) is 9.99 Å². The van der Waals surface area contributed by atoms with Gasteiger partial charge in [-0.3, -0.25) is 9.78 Å². The number of carbonyl (C=O) groups excluding carboxylic acids is 1.